The molecule has 1 heterocycles. The molecule has 1 aliphatic rings. The molecule has 0 radical (unpaired) electrons. The van der Waals surface area contributed by atoms with Crippen molar-refractivity contribution in [3.8, 4) is 17.1 Å². The van der Waals surface area contributed by atoms with Gasteiger partial charge in [-0.25, -0.2) is 4.68 Å². The quantitative estimate of drug-likeness (QED) is 0.487. The van der Waals surface area contributed by atoms with E-state index in [1.54, 1.807) is 0 Å². The first-order chi connectivity index (χ1) is 10.5. The first-order valence-electron chi connectivity index (χ1n) is 6.95. The molecule has 2 aromatic rings. The SMILES string of the molecule is CCOc1ccc(-c2nnc(SCC3CC3(Cl)Cl)n2N)cc1. The predicted molar refractivity (Wildman–Crippen MR) is 90.0 cm³/mol. The van der Waals surface area contributed by atoms with E-state index in [-0.39, 0.29) is 5.92 Å². The summed E-state index contributed by atoms with van der Waals surface area (Å²) >= 11 is 13.6. The Labute approximate surface area is 143 Å². The summed E-state index contributed by atoms with van der Waals surface area (Å²) in [6.07, 6.45) is 0.813. The number of halogens is 2. The van der Waals surface area contributed by atoms with E-state index < -0.39 is 4.33 Å². The van der Waals surface area contributed by atoms with Gasteiger partial charge >= 0.3 is 0 Å². The van der Waals surface area contributed by atoms with Crippen molar-refractivity contribution in [3.05, 3.63) is 24.3 Å². The van der Waals surface area contributed by atoms with E-state index in [0.717, 1.165) is 23.5 Å². The first-order valence-corrected chi connectivity index (χ1v) is 8.69. The van der Waals surface area contributed by atoms with E-state index in [0.29, 0.717) is 17.6 Å². The van der Waals surface area contributed by atoms with Gasteiger partial charge in [0.25, 0.3) is 0 Å². The highest BCUT2D eigenvalue weighted by Crippen LogP contribution is 2.54. The number of nitrogen functional groups attached to an aromatic ring is 1. The molecule has 0 spiro atoms. The number of aromatic nitrogens is 3. The standard InChI is InChI=1S/C14H16Cl2N4OS/c1-2-21-11-5-3-9(4-6-11)12-18-19-13(20(12)17)22-8-10-7-14(10,15)16/h3-6,10H,2,7-8,17H2,1H3. The van der Waals surface area contributed by atoms with Crippen LogP contribution in [0, 0.1) is 5.92 Å². The van der Waals surface area contributed by atoms with Crippen molar-refractivity contribution in [2.24, 2.45) is 5.92 Å². The van der Waals surface area contributed by atoms with Gasteiger partial charge in [0.15, 0.2) is 5.82 Å². The molecule has 1 fully saturated rings. The Bertz CT molecular complexity index is 659. The maximum absolute atomic E-state index is 6.08. The molecule has 3 rings (SSSR count). The molecule has 5 nitrogen and oxygen atoms in total. The molecule has 2 N–H and O–H groups in total. The summed E-state index contributed by atoms with van der Waals surface area (Å²) in [5.74, 6) is 8.58. The number of thioether (sulfide) groups is 1. The van der Waals surface area contributed by atoms with Crippen LogP contribution in [-0.4, -0.2) is 31.6 Å². The molecule has 118 valence electrons. The van der Waals surface area contributed by atoms with Crippen LogP contribution < -0.4 is 10.6 Å². The normalized spacial score (nSPS) is 19.1. The van der Waals surface area contributed by atoms with Gasteiger partial charge in [-0.2, -0.15) is 0 Å². The second-order valence-corrected chi connectivity index (χ2v) is 7.64. The minimum atomic E-state index is -0.579. The van der Waals surface area contributed by atoms with Crippen LogP contribution in [0.15, 0.2) is 29.4 Å². The Balaban J connectivity index is 1.69. The molecule has 1 aromatic heterocycles. The number of ether oxygens (including phenoxy) is 1. The Morgan fingerprint density at radius 1 is 1.36 bits per heavy atom. The van der Waals surface area contributed by atoms with Crippen LogP contribution in [0.5, 0.6) is 5.75 Å². The Morgan fingerprint density at radius 2 is 2.05 bits per heavy atom. The molecule has 1 aromatic carbocycles. The number of hydrogen-bond acceptors (Lipinski definition) is 5. The summed E-state index contributed by atoms with van der Waals surface area (Å²) in [4.78, 5) is 0. The molecule has 0 bridgehead atoms. The third-order valence-electron chi connectivity index (χ3n) is 3.46. The number of rotatable bonds is 6. The van der Waals surface area contributed by atoms with E-state index >= 15 is 0 Å². The molecule has 1 aliphatic carbocycles. The lowest BCUT2D eigenvalue weighted by Gasteiger charge is -2.05. The second kappa shape index (κ2) is 6.18. The van der Waals surface area contributed by atoms with Crippen LogP contribution in [0.3, 0.4) is 0 Å². The number of benzene rings is 1. The number of alkyl halides is 2. The average Bonchev–Trinajstić information content (AvgIpc) is 2.94. The number of nitrogens with two attached hydrogens (primary N) is 1. The predicted octanol–water partition coefficient (Wildman–Crippen LogP) is 3.34. The average molecular weight is 359 g/mol. The summed E-state index contributed by atoms with van der Waals surface area (Å²) < 4.78 is 6.33. The molecular formula is C14H16Cl2N4OS. The van der Waals surface area contributed by atoms with E-state index in [9.17, 15) is 0 Å². The van der Waals surface area contributed by atoms with E-state index in [1.165, 1.54) is 16.4 Å². The lowest BCUT2D eigenvalue weighted by molar-refractivity contribution is 0.340. The van der Waals surface area contributed by atoms with E-state index in [2.05, 4.69) is 10.2 Å². The van der Waals surface area contributed by atoms with Crippen molar-refractivity contribution in [1.82, 2.24) is 14.9 Å². The van der Waals surface area contributed by atoms with Crippen molar-refractivity contribution >= 4 is 35.0 Å². The topological polar surface area (TPSA) is 66.0 Å². The number of hydrogen-bond donors (Lipinski definition) is 1. The van der Waals surface area contributed by atoms with Gasteiger partial charge in [0.2, 0.25) is 5.16 Å². The number of nitrogens with zero attached hydrogens (tertiary/aromatic N) is 3. The Kier molecular flexibility index (Phi) is 4.43. The van der Waals surface area contributed by atoms with Gasteiger partial charge in [-0.3, -0.25) is 0 Å². The molecule has 8 heteroatoms. The van der Waals surface area contributed by atoms with Gasteiger partial charge in [0, 0.05) is 17.2 Å². The lowest BCUT2D eigenvalue weighted by Crippen LogP contribution is -2.12. The van der Waals surface area contributed by atoms with Gasteiger partial charge < -0.3 is 10.6 Å². The molecule has 1 unspecified atom stereocenters. The molecule has 0 saturated heterocycles. The fourth-order valence-electron chi connectivity index (χ4n) is 2.06. The molecule has 1 atom stereocenters. The summed E-state index contributed by atoms with van der Waals surface area (Å²) in [5, 5.41) is 8.94. The summed E-state index contributed by atoms with van der Waals surface area (Å²) in [6.45, 7) is 2.58. The highest BCUT2D eigenvalue weighted by molar-refractivity contribution is 7.99. The highest BCUT2D eigenvalue weighted by Gasteiger charge is 2.51. The maximum Gasteiger partial charge on any atom is 0.210 e. The largest absolute Gasteiger partial charge is 0.494 e. The Hall–Kier alpha value is -1.11. The zero-order valence-electron chi connectivity index (χ0n) is 12.0. The second-order valence-electron chi connectivity index (χ2n) is 5.11. The van der Waals surface area contributed by atoms with E-state index in [4.69, 9.17) is 33.8 Å². The highest BCUT2D eigenvalue weighted by atomic mass is 35.5. The molecule has 0 aliphatic heterocycles. The zero-order valence-corrected chi connectivity index (χ0v) is 14.3. The van der Waals surface area contributed by atoms with Gasteiger partial charge in [0.05, 0.1) is 6.61 Å². The van der Waals surface area contributed by atoms with Gasteiger partial charge in [-0.15, -0.1) is 33.4 Å². The van der Waals surface area contributed by atoms with Crippen molar-refractivity contribution in [2.75, 3.05) is 18.2 Å². The lowest BCUT2D eigenvalue weighted by atomic mass is 10.2. The first kappa shape index (κ1) is 15.8. The van der Waals surface area contributed by atoms with Crippen LogP contribution in [0.2, 0.25) is 0 Å². The molecule has 1 saturated carbocycles. The maximum atomic E-state index is 6.08. The van der Waals surface area contributed by atoms with Crippen LogP contribution in [-0.2, 0) is 0 Å². The van der Waals surface area contributed by atoms with Crippen molar-refractivity contribution < 1.29 is 4.74 Å². The van der Waals surface area contributed by atoms with Crippen molar-refractivity contribution in [2.45, 2.75) is 22.8 Å². The third-order valence-corrected chi connectivity index (χ3v) is 5.49. The van der Waals surface area contributed by atoms with Gasteiger partial charge in [-0.1, -0.05) is 11.8 Å². The zero-order chi connectivity index (χ0) is 15.7. The van der Waals surface area contributed by atoms with Crippen molar-refractivity contribution in [1.29, 1.82) is 0 Å². The summed E-state index contributed by atoms with van der Waals surface area (Å²) in [7, 11) is 0. The van der Waals surface area contributed by atoms with Crippen LogP contribution in [0.25, 0.3) is 11.4 Å². The monoisotopic (exact) mass is 358 g/mol. The minimum absolute atomic E-state index is 0.284. The van der Waals surface area contributed by atoms with Gasteiger partial charge in [-0.05, 0) is 37.6 Å². The van der Waals surface area contributed by atoms with Crippen LogP contribution >= 0.6 is 35.0 Å². The Morgan fingerprint density at radius 3 is 2.64 bits per heavy atom. The fourth-order valence-corrected chi connectivity index (χ4v) is 3.85. The van der Waals surface area contributed by atoms with Crippen LogP contribution in [0.4, 0.5) is 0 Å². The fraction of sp³-hybridized carbons (Fsp3) is 0.429. The summed E-state index contributed by atoms with van der Waals surface area (Å²) in [5.41, 5.74) is 0.890. The van der Waals surface area contributed by atoms with E-state index in [1.807, 2.05) is 31.2 Å². The molecular weight excluding hydrogens is 343 g/mol. The van der Waals surface area contributed by atoms with Gasteiger partial charge in [0.1, 0.15) is 10.1 Å². The minimum Gasteiger partial charge on any atom is -0.494 e. The van der Waals surface area contributed by atoms with Crippen molar-refractivity contribution in [3.63, 3.8) is 0 Å². The third kappa shape index (κ3) is 3.29. The molecule has 22 heavy (non-hydrogen) atoms. The summed E-state index contributed by atoms with van der Waals surface area (Å²) in [6, 6.07) is 7.60. The smallest absolute Gasteiger partial charge is 0.210 e. The van der Waals surface area contributed by atoms with Crippen LogP contribution in [0.1, 0.15) is 13.3 Å². The molecule has 0 amide bonds.